The third-order valence-corrected chi connectivity index (χ3v) is 4.00. The van der Waals surface area contributed by atoms with E-state index in [4.69, 9.17) is 12.6 Å². The molecule has 0 spiro atoms. The van der Waals surface area contributed by atoms with Gasteiger partial charge >= 0.3 is 0 Å². The van der Waals surface area contributed by atoms with Gasteiger partial charge in [-0.1, -0.05) is 36.9 Å². The van der Waals surface area contributed by atoms with Gasteiger partial charge in [0.2, 0.25) is 0 Å². The molecule has 1 heterocycles. The van der Waals surface area contributed by atoms with Crippen LogP contribution in [-0.4, -0.2) is 15.3 Å². The van der Waals surface area contributed by atoms with Gasteiger partial charge in [0.05, 0.1) is 0 Å². The van der Waals surface area contributed by atoms with Crippen LogP contribution in [0, 0.1) is 0 Å². The Kier molecular flexibility index (Phi) is 4.87. The van der Waals surface area contributed by atoms with E-state index < -0.39 is 0 Å². The van der Waals surface area contributed by atoms with Crippen molar-refractivity contribution in [2.24, 2.45) is 0 Å². The first kappa shape index (κ1) is 10.2. The average Bonchev–Trinajstić information content (AvgIpc) is 2.46. The molecule has 0 aromatic carbocycles. The smallest absolute Gasteiger partial charge is 0.125 e. The van der Waals surface area contributed by atoms with E-state index in [1.165, 1.54) is 30.8 Å². The minimum atomic E-state index is 0.668. The highest BCUT2D eigenvalue weighted by Gasteiger charge is 2.04. The van der Waals surface area contributed by atoms with Crippen molar-refractivity contribution in [1.82, 2.24) is 9.59 Å². The van der Waals surface area contributed by atoms with Gasteiger partial charge in [-0.25, -0.2) is 0 Å². The van der Waals surface area contributed by atoms with Gasteiger partial charge < -0.3 is 0 Å². The van der Waals surface area contributed by atoms with E-state index in [-0.39, 0.29) is 0 Å². The highest BCUT2D eigenvalue weighted by Crippen LogP contribution is 2.27. The molecule has 1 rings (SSSR count). The molecule has 1 aromatic rings. The number of thioether (sulfide) groups is 1. The summed E-state index contributed by atoms with van der Waals surface area (Å²) >= 11 is 8.17. The van der Waals surface area contributed by atoms with E-state index in [1.54, 1.807) is 11.8 Å². The third kappa shape index (κ3) is 3.25. The van der Waals surface area contributed by atoms with Crippen LogP contribution in [0.3, 0.4) is 0 Å². The maximum absolute atomic E-state index is 4.98. The van der Waals surface area contributed by atoms with E-state index in [0.717, 1.165) is 9.96 Å². The number of unbranched alkanes of at least 4 members (excludes halogenated alkanes) is 2. The standard InChI is InChI=1S/C7H11N2S3/c1-2-3-4-5-11-7-6(10)8-9-12-7/h2-5H2,1H3. The zero-order valence-electron chi connectivity index (χ0n) is 6.95. The van der Waals surface area contributed by atoms with Crippen LogP contribution in [0.5, 0.6) is 0 Å². The van der Waals surface area contributed by atoms with Crippen LogP contribution in [0.15, 0.2) is 9.24 Å². The fourth-order valence-electron chi connectivity index (χ4n) is 0.779. The van der Waals surface area contributed by atoms with Gasteiger partial charge in [0.25, 0.3) is 0 Å². The van der Waals surface area contributed by atoms with Crippen molar-refractivity contribution in [2.45, 2.75) is 35.4 Å². The molecule has 12 heavy (non-hydrogen) atoms. The van der Waals surface area contributed by atoms with Crippen molar-refractivity contribution in [1.29, 1.82) is 0 Å². The number of rotatable bonds is 5. The lowest BCUT2D eigenvalue weighted by atomic mass is 10.3. The van der Waals surface area contributed by atoms with E-state index in [2.05, 4.69) is 16.5 Å². The van der Waals surface area contributed by atoms with E-state index >= 15 is 0 Å². The van der Waals surface area contributed by atoms with Crippen LogP contribution in [0.1, 0.15) is 26.2 Å². The predicted molar refractivity (Wildman–Crippen MR) is 56.0 cm³/mol. The summed E-state index contributed by atoms with van der Waals surface area (Å²) < 4.78 is 4.89. The maximum Gasteiger partial charge on any atom is 0.175 e. The third-order valence-electron chi connectivity index (χ3n) is 1.41. The Labute approximate surface area is 86.7 Å². The molecule has 1 radical (unpaired) electrons. The van der Waals surface area contributed by atoms with Crippen LogP contribution in [0.25, 0.3) is 0 Å². The summed E-state index contributed by atoms with van der Waals surface area (Å²) in [7, 11) is 0. The molecule has 0 unspecified atom stereocenters. The summed E-state index contributed by atoms with van der Waals surface area (Å²) in [6, 6.07) is 0. The van der Waals surface area contributed by atoms with Crippen molar-refractivity contribution in [3.63, 3.8) is 0 Å². The fraction of sp³-hybridized carbons (Fsp3) is 0.714. The van der Waals surface area contributed by atoms with Gasteiger partial charge in [-0.05, 0) is 23.7 Å². The van der Waals surface area contributed by atoms with E-state index in [9.17, 15) is 0 Å². The molecule has 0 amide bonds. The Hall–Kier alpha value is 0.130. The fourth-order valence-corrected chi connectivity index (χ4v) is 2.74. The summed E-state index contributed by atoms with van der Waals surface area (Å²) in [6.45, 7) is 2.21. The summed E-state index contributed by atoms with van der Waals surface area (Å²) in [5.41, 5.74) is 0. The van der Waals surface area contributed by atoms with Crippen molar-refractivity contribution < 1.29 is 0 Å². The number of nitrogens with zero attached hydrogens (tertiary/aromatic N) is 2. The largest absolute Gasteiger partial charge is 0.175 e. The number of aromatic nitrogens is 2. The SMILES string of the molecule is CCCCCSc1snnc1[S]. The van der Waals surface area contributed by atoms with Crippen LogP contribution in [-0.2, 0) is 0 Å². The van der Waals surface area contributed by atoms with Crippen LogP contribution in [0.4, 0.5) is 0 Å². The maximum atomic E-state index is 4.98. The normalized spacial score (nSPS) is 10.4. The Morgan fingerprint density at radius 1 is 1.50 bits per heavy atom. The van der Waals surface area contributed by atoms with Gasteiger partial charge in [0.15, 0.2) is 5.03 Å². The zero-order valence-corrected chi connectivity index (χ0v) is 9.40. The molecule has 2 nitrogen and oxygen atoms in total. The van der Waals surface area contributed by atoms with Crippen LogP contribution < -0.4 is 0 Å². The topological polar surface area (TPSA) is 25.8 Å². The monoisotopic (exact) mass is 219 g/mol. The molecule has 0 N–H and O–H groups in total. The Bertz CT molecular complexity index is 224. The van der Waals surface area contributed by atoms with Crippen LogP contribution >= 0.6 is 35.9 Å². The van der Waals surface area contributed by atoms with Gasteiger partial charge in [0.1, 0.15) is 4.21 Å². The quantitative estimate of drug-likeness (QED) is 0.561. The molecule has 0 aliphatic heterocycles. The molecule has 0 saturated heterocycles. The number of hydrogen-bond donors (Lipinski definition) is 0. The molecule has 1 aromatic heterocycles. The second-order valence-electron chi connectivity index (χ2n) is 2.42. The average molecular weight is 219 g/mol. The molecule has 5 heteroatoms. The van der Waals surface area contributed by atoms with Gasteiger partial charge in [0, 0.05) is 0 Å². The second kappa shape index (κ2) is 5.72. The van der Waals surface area contributed by atoms with E-state index in [0.29, 0.717) is 5.03 Å². The molecule has 0 bridgehead atoms. The first-order chi connectivity index (χ1) is 5.84. The van der Waals surface area contributed by atoms with E-state index in [1.807, 2.05) is 0 Å². The Morgan fingerprint density at radius 2 is 2.33 bits per heavy atom. The summed E-state index contributed by atoms with van der Waals surface area (Å²) in [5.74, 6) is 1.14. The minimum Gasteiger partial charge on any atom is -0.125 e. The molecule has 0 fully saturated rings. The molecule has 0 aliphatic rings. The summed E-state index contributed by atoms with van der Waals surface area (Å²) in [6.07, 6.45) is 3.82. The summed E-state index contributed by atoms with van der Waals surface area (Å²) in [4.78, 5) is 0. The van der Waals surface area contributed by atoms with Crippen molar-refractivity contribution in [3.8, 4) is 0 Å². The van der Waals surface area contributed by atoms with Crippen LogP contribution in [0.2, 0.25) is 0 Å². The lowest BCUT2D eigenvalue weighted by molar-refractivity contribution is 0.778. The van der Waals surface area contributed by atoms with Gasteiger partial charge in [-0.3, -0.25) is 0 Å². The lowest BCUT2D eigenvalue weighted by Crippen LogP contribution is -1.78. The lowest BCUT2D eigenvalue weighted by Gasteiger charge is -1.95. The zero-order chi connectivity index (χ0) is 8.81. The highest BCUT2D eigenvalue weighted by molar-refractivity contribution is 8.01. The second-order valence-corrected chi connectivity index (χ2v) is 4.93. The molecule has 0 aliphatic carbocycles. The minimum absolute atomic E-state index is 0.668. The van der Waals surface area contributed by atoms with Gasteiger partial charge in [-0.15, -0.1) is 16.9 Å². The van der Waals surface area contributed by atoms with Crippen molar-refractivity contribution >= 4 is 35.9 Å². The molecular formula is C7H11N2S3. The predicted octanol–water partition coefficient (Wildman–Crippen LogP) is 3.38. The van der Waals surface area contributed by atoms with Gasteiger partial charge in [-0.2, -0.15) is 0 Å². The molecular weight excluding hydrogens is 208 g/mol. The Morgan fingerprint density at radius 3 is 2.92 bits per heavy atom. The first-order valence-corrected chi connectivity index (χ1v) is 6.13. The Balaban J connectivity index is 2.20. The summed E-state index contributed by atoms with van der Waals surface area (Å²) in [5, 5.41) is 4.45. The molecule has 0 saturated carbocycles. The molecule has 0 atom stereocenters. The van der Waals surface area contributed by atoms with Crippen molar-refractivity contribution in [3.05, 3.63) is 0 Å². The number of hydrogen-bond acceptors (Lipinski definition) is 4. The molecule has 67 valence electrons. The highest BCUT2D eigenvalue weighted by atomic mass is 32.2. The van der Waals surface area contributed by atoms with Crippen molar-refractivity contribution in [2.75, 3.05) is 5.75 Å². The first-order valence-electron chi connectivity index (χ1n) is 3.96.